The average molecular weight is 506 g/mol. The Hall–Kier alpha value is -3.01. The Bertz CT molecular complexity index is 1290. The number of morpholine rings is 1. The fourth-order valence-electron chi connectivity index (χ4n) is 6.18. The molecule has 3 aromatic rings. The minimum atomic E-state index is -0.194. The fraction of sp³-hybridized carbons (Fsp3) is 0.536. The topological polar surface area (TPSA) is 104 Å². The molecule has 1 saturated carbocycles. The van der Waals surface area contributed by atoms with E-state index in [4.69, 9.17) is 24.4 Å². The number of pyridine rings is 1. The maximum Gasteiger partial charge on any atom is 0.229 e. The van der Waals surface area contributed by atoms with Gasteiger partial charge >= 0.3 is 0 Å². The van der Waals surface area contributed by atoms with Gasteiger partial charge in [-0.1, -0.05) is 0 Å². The molecule has 3 aliphatic rings. The number of benzene rings is 1. The number of hydrogen-bond donors (Lipinski definition) is 2. The van der Waals surface area contributed by atoms with E-state index in [2.05, 4.69) is 22.8 Å². The summed E-state index contributed by atoms with van der Waals surface area (Å²) in [5.74, 6) is 3.31. The molecule has 0 bridgehead atoms. The molecule has 0 radical (unpaired) electrons. The van der Waals surface area contributed by atoms with Crippen molar-refractivity contribution in [3.63, 3.8) is 0 Å². The van der Waals surface area contributed by atoms with Crippen molar-refractivity contribution in [2.24, 2.45) is 11.8 Å². The smallest absolute Gasteiger partial charge is 0.229 e. The highest BCUT2D eigenvalue weighted by atomic mass is 16.5. The molecule has 0 amide bonds. The number of aromatic nitrogens is 3. The molecule has 2 saturated heterocycles. The van der Waals surface area contributed by atoms with Crippen LogP contribution in [0.1, 0.15) is 31.7 Å². The molecule has 4 atom stereocenters. The predicted molar refractivity (Wildman–Crippen MR) is 142 cm³/mol. The molecule has 2 aliphatic heterocycles. The molecule has 2 aromatic heterocycles. The quantitative estimate of drug-likeness (QED) is 0.541. The van der Waals surface area contributed by atoms with Crippen molar-refractivity contribution in [3.05, 3.63) is 35.9 Å². The summed E-state index contributed by atoms with van der Waals surface area (Å²) in [6.07, 6.45) is 2.60. The number of hydrogen-bond acceptors (Lipinski definition) is 9. The Morgan fingerprint density at radius 1 is 1.08 bits per heavy atom. The van der Waals surface area contributed by atoms with Gasteiger partial charge in [0, 0.05) is 30.8 Å². The van der Waals surface area contributed by atoms with Crippen molar-refractivity contribution < 1.29 is 19.7 Å². The summed E-state index contributed by atoms with van der Waals surface area (Å²) in [7, 11) is 1.60. The van der Waals surface area contributed by atoms with E-state index in [0.29, 0.717) is 42.4 Å². The molecule has 1 aliphatic carbocycles. The van der Waals surface area contributed by atoms with E-state index < -0.39 is 0 Å². The molecule has 9 nitrogen and oxygen atoms in total. The van der Waals surface area contributed by atoms with Crippen LogP contribution in [0.15, 0.2) is 30.3 Å². The second kappa shape index (κ2) is 10.0. The molecular weight excluding hydrogens is 470 g/mol. The van der Waals surface area contributed by atoms with E-state index >= 15 is 0 Å². The third kappa shape index (κ3) is 4.60. The van der Waals surface area contributed by atoms with Crippen LogP contribution < -0.4 is 14.5 Å². The lowest BCUT2D eigenvalue weighted by Gasteiger charge is -2.35. The van der Waals surface area contributed by atoms with Crippen LogP contribution in [-0.2, 0) is 11.3 Å². The third-order valence-corrected chi connectivity index (χ3v) is 8.22. The van der Waals surface area contributed by atoms with E-state index in [1.54, 1.807) is 7.11 Å². The number of anilines is 2. The number of aliphatic hydroxyl groups excluding tert-OH is 2. The van der Waals surface area contributed by atoms with E-state index in [0.717, 1.165) is 66.9 Å². The molecule has 6 rings (SSSR count). The summed E-state index contributed by atoms with van der Waals surface area (Å²) in [4.78, 5) is 19.7. The van der Waals surface area contributed by atoms with Crippen LogP contribution in [0.3, 0.4) is 0 Å². The highest BCUT2D eigenvalue weighted by molar-refractivity contribution is 5.90. The van der Waals surface area contributed by atoms with Gasteiger partial charge in [-0.05, 0) is 68.4 Å². The average Bonchev–Trinajstić information content (AvgIpc) is 3.35. The standard InChI is InChI=1S/C28H35N5O4/c1-17-16-37-10-9-33(17)27-23-6-7-24(18-4-8-25(36-2)21(11-18)15-34)29-26(23)30-28(31-27)32-13-19-3-5-22(35)12-20(19)14-32/h4,6-8,11,17,19-20,22,34-35H,3,5,9-10,12-16H2,1-2H3/t17-,19?,20?,22?/m0/s1. The van der Waals surface area contributed by atoms with Crippen molar-refractivity contribution in [1.82, 2.24) is 15.0 Å². The molecule has 4 heterocycles. The Labute approximate surface area is 217 Å². The first-order valence-corrected chi connectivity index (χ1v) is 13.3. The van der Waals surface area contributed by atoms with Crippen molar-refractivity contribution in [3.8, 4) is 17.0 Å². The SMILES string of the molecule is COc1ccc(-c2ccc3c(N4CCOC[C@@H]4C)nc(N4CC5CCC(O)CC5C4)nc3n2)cc1CO. The van der Waals surface area contributed by atoms with Gasteiger partial charge in [0.2, 0.25) is 5.95 Å². The van der Waals surface area contributed by atoms with Gasteiger partial charge in [-0.25, -0.2) is 4.98 Å². The predicted octanol–water partition coefficient (Wildman–Crippen LogP) is 3.02. The Balaban J connectivity index is 1.43. The highest BCUT2D eigenvalue weighted by Crippen LogP contribution is 2.39. The number of ether oxygens (including phenoxy) is 2. The zero-order valence-corrected chi connectivity index (χ0v) is 21.5. The number of methoxy groups -OCH3 is 1. The fourth-order valence-corrected chi connectivity index (χ4v) is 6.18. The van der Waals surface area contributed by atoms with Crippen molar-refractivity contribution in [2.75, 3.05) is 49.8 Å². The van der Waals surface area contributed by atoms with Crippen LogP contribution >= 0.6 is 0 Å². The Morgan fingerprint density at radius 3 is 2.76 bits per heavy atom. The number of nitrogens with zero attached hydrogens (tertiary/aromatic N) is 5. The summed E-state index contributed by atoms with van der Waals surface area (Å²) < 4.78 is 11.1. The second-order valence-electron chi connectivity index (χ2n) is 10.6. The maximum absolute atomic E-state index is 10.2. The number of fused-ring (bicyclic) bond motifs is 2. The molecule has 2 N–H and O–H groups in total. The van der Waals surface area contributed by atoms with Crippen LogP contribution in [0.4, 0.5) is 11.8 Å². The lowest BCUT2D eigenvalue weighted by atomic mass is 9.80. The zero-order chi connectivity index (χ0) is 25.5. The summed E-state index contributed by atoms with van der Waals surface area (Å²) in [6, 6.07) is 9.98. The summed E-state index contributed by atoms with van der Waals surface area (Å²) >= 11 is 0. The Morgan fingerprint density at radius 2 is 1.95 bits per heavy atom. The minimum Gasteiger partial charge on any atom is -0.496 e. The van der Waals surface area contributed by atoms with Crippen LogP contribution in [0.5, 0.6) is 5.75 Å². The van der Waals surface area contributed by atoms with Gasteiger partial charge in [-0.2, -0.15) is 9.97 Å². The number of rotatable bonds is 5. The molecule has 1 aromatic carbocycles. The molecule has 0 spiro atoms. The van der Waals surface area contributed by atoms with Gasteiger partial charge in [-0.15, -0.1) is 0 Å². The summed E-state index contributed by atoms with van der Waals surface area (Å²) in [6.45, 7) is 5.93. The molecule has 3 fully saturated rings. The van der Waals surface area contributed by atoms with Crippen molar-refractivity contribution in [1.29, 1.82) is 0 Å². The molecule has 196 valence electrons. The van der Waals surface area contributed by atoms with Gasteiger partial charge in [0.1, 0.15) is 11.6 Å². The largest absolute Gasteiger partial charge is 0.496 e. The first-order valence-electron chi connectivity index (χ1n) is 13.3. The van der Waals surface area contributed by atoms with Crippen LogP contribution in [-0.4, -0.2) is 77.3 Å². The highest BCUT2D eigenvalue weighted by Gasteiger charge is 2.38. The van der Waals surface area contributed by atoms with Crippen molar-refractivity contribution >= 4 is 22.8 Å². The number of aliphatic hydroxyl groups is 2. The van der Waals surface area contributed by atoms with E-state index in [1.807, 2.05) is 24.3 Å². The zero-order valence-electron chi connectivity index (χ0n) is 21.5. The summed E-state index contributed by atoms with van der Waals surface area (Å²) in [5, 5.41) is 20.9. The Kier molecular flexibility index (Phi) is 6.60. The lowest BCUT2D eigenvalue weighted by molar-refractivity contribution is 0.0867. The van der Waals surface area contributed by atoms with Gasteiger partial charge in [0.15, 0.2) is 5.65 Å². The van der Waals surface area contributed by atoms with Crippen LogP contribution in [0.25, 0.3) is 22.3 Å². The van der Waals surface area contributed by atoms with E-state index in [9.17, 15) is 10.2 Å². The third-order valence-electron chi connectivity index (χ3n) is 8.22. The minimum absolute atomic E-state index is 0.109. The summed E-state index contributed by atoms with van der Waals surface area (Å²) in [5.41, 5.74) is 3.06. The molecular formula is C28H35N5O4. The first kappa shape index (κ1) is 24.3. The molecule has 3 unspecified atom stereocenters. The van der Waals surface area contributed by atoms with E-state index in [1.165, 1.54) is 0 Å². The molecule has 9 heteroatoms. The van der Waals surface area contributed by atoms with Gasteiger partial charge in [-0.3, -0.25) is 0 Å². The van der Waals surface area contributed by atoms with Gasteiger partial charge in [0.05, 0.1) is 50.2 Å². The normalized spacial score (nSPS) is 25.9. The van der Waals surface area contributed by atoms with E-state index in [-0.39, 0.29) is 18.8 Å². The lowest BCUT2D eigenvalue weighted by Crippen LogP contribution is -2.44. The molecule has 37 heavy (non-hydrogen) atoms. The van der Waals surface area contributed by atoms with Gasteiger partial charge < -0.3 is 29.5 Å². The first-order chi connectivity index (χ1) is 18.0. The monoisotopic (exact) mass is 505 g/mol. The second-order valence-corrected chi connectivity index (χ2v) is 10.6. The van der Waals surface area contributed by atoms with Crippen LogP contribution in [0.2, 0.25) is 0 Å². The van der Waals surface area contributed by atoms with Crippen LogP contribution in [0, 0.1) is 11.8 Å². The van der Waals surface area contributed by atoms with Crippen molar-refractivity contribution in [2.45, 2.75) is 44.9 Å². The maximum atomic E-state index is 10.2. The van der Waals surface area contributed by atoms with Gasteiger partial charge in [0.25, 0.3) is 0 Å².